The molecule has 0 atom stereocenters. The van der Waals surface area contributed by atoms with Crippen LogP contribution < -0.4 is 10.2 Å². The molecule has 2 aromatic carbocycles. The number of morpholine rings is 1. The largest absolute Gasteiger partial charge is 0.378 e. The van der Waals surface area contributed by atoms with Crippen molar-refractivity contribution >= 4 is 11.6 Å². The van der Waals surface area contributed by atoms with Crippen molar-refractivity contribution in [3.05, 3.63) is 65.5 Å². The third kappa shape index (κ3) is 5.56. The topological polar surface area (TPSA) is 41.6 Å². The van der Waals surface area contributed by atoms with E-state index in [-0.39, 0.29) is 18.1 Å². The van der Waals surface area contributed by atoms with E-state index in [1.807, 2.05) is 0 Å². The van der Waals surface area contributed by atoms with Gasteiger partial charge in [0.05, 0.1) is 19.6 Å². The van der Waals surface area contributed by atoms with Crippen LogP contribution in [0.1, 0.15) is 17.5 Å². The first kappa shape index (κ1) is 18.4. The van der Waals surface area contributed by atoms with E-state index in [9.17, 15) is 9.18 Å². The van der Waals surface area contributed by atoms with Gasteiger partial charge in [-0.25, -0.2) is 4.39 Å². The van der Waals surface area contributed by atoms with E-state index in [1.165, 1.54) is 23.4 Å². The second kappa shape index (κ2) is 9.34. The first-order valence-electron chi connectivity index (χ1n) is 9.13. The van der Waals surface area contributed by atoms with Gasteiger partial charge in [0, 0.05) is 25.3 Å². The molecule has 1 saturated heterocycles. The molecule has 0 unspecified atom stereocenters. The van der Waals surface area contributed by atoms with E-state index >= 15 is 0 Å². The molecule has 0 spiro atoms. The average molecular weight is 356 g/mol. The van der Waals surface area contributed by atoms with Crippen LogP contribution in [0.3, 0.4) is 0 Å². The standard InChI is InChI=1S/C21H25FN2O2/c22-19-7-3-18(4-8-19)16-21(25)23-11-1-2-17-5-9-20(10-6-17)24-12-14-26-15-13-24/h3-10H,1-2,11-16H2,(H,23,25). The molecule has 1 heterocycles. The highest BCUT2D eigenvalue weighted by atomic mass is 19.1. The maximum atomic E-state index is 12.9. The molecule has 1 N–H and O–H groups in total. The molecule has 2 aromatic rings. The number of hydrogen-bond acceptors (Lipinski definition) is 3. The van der Waals surface area contributed by atoms with Crippen molar-refractivity contribution in [2.45, 2.75) is 19.3 Å². The molecule has 0 radical (unpaired) electrons. The third-order valence-corrected chi connectivity index (χ3v) is 4.55. The fourth-order valence-electron chi connectivity index (χ4n) is 3.07. The van der Waals surface area contributed by atoms with E-state index in [1.54, 1.807) is 12.1 Å². The van der Waals surface area contributed by atoms with Crippen LogP contribution in [0.4, 0.5) is 10.1 Å². The van der Waals surface area contributed by atoms with Crippen LogP contribution in [0.15, 0.2) is 48.5 Å². The maximum Gasteiger partial charge on any atom is 0.224 e. The van der Waals surface area contributed by atoms with Gasteiger partial charge in [-0.2, -0.15) is 0 Å². The Bertz CT molecular complexity index is 695. The number of carbonyl (C=O) groups excluding carboxylic acids is 1. The molecule has 0 bridgehead atoms. The Morgan fingerprint density at radius 1 is 1.00 bits per heavy atom. The van der Waals surface area contributed by atoms with Gasteiger partial charge in [0.1, 0.15) is 5.82 Å². The summed E-state index contributed by atoms with van der Waals surface area (Å²) in [4.78, 5) is 14.2. The molecule has 0 aromatic heterocycles. The molecule has 26 heavy (non-hydrogen) atoms. The van der Waals surface area contributed by atoms with Crippen LogP contribution in [0.5, 0.6) is 0 Å². The number of ether oxygens (including phenoxy) is 1. The van der Waals surface area contributed by atoms with Crippen LogP contribution in [-0.4, -0.2) is 38.8 Å². The first-order valence-corrected chi connectivity index (χ1v) is 9.13. The fourth-order valence-corrected chi connectivity index (χ4v) is 3.07. The van der Waals surface area contributed by atoms with Crippen molar-refractivity contribution in [2.75, 3.05) is 37.7 Å². The van der Waals surface area contributed by atoms with Gasteiger partial charge < -0.3 is 15.0 Å². The molecule has 1 aliphatic rings. The van der Waals surface area contributed by atoms with Gasteiger partial charge in [-0.3, -0.25) is 4.79 Å². The number of halogens is 1. The van der Waals surface area contributed by atoms with Crippen LogP contribution in [-0.2, 0) is 22.4 Å². The minimum atomic E-state index is -0.284. The predicted molar refractivity (Wildman–Crippen MR) is 101 cm³/mol. The quantitative estimate of drug-likeness (QED) is 0.776. The lowest BCUT2D eigenvalue weighted by atomic mass is 10.1. The van der Waals surface area contributed by atoms with E-state index in [0.29, 0.717) is 6.54 Å². The number of rotatable bonds is 7. The lowest BCUT2D eigenvalue weighted by Crippen LogP contribution is -2.36. The summed E-state index contributed by atoms with van der Waals surface area (Å²) in [5.41, 5.74) is 3.34. The first-order chi connectivity index (χ1) is 12.7. The minimum absolute atomic E-state index is 0.0285. The van der Waals surface area contributed by atoms with Crippen molar-refractivity contribution in [3.8, 4) is 0 Å². The van der Waals surface area contributed by atoms with Crippen molar-refractivity contribution in [2.24, 2.45) is 0 Å². The summed E-state index contributed by atoms with van der Waals surface area (Å²) in [6.07, 6.45) is 2.11. The Kier molecular flexibility index (Phi) is 6.61. The number of nitrogens with zero attached hydrogens (tertiary/aromatic N) is 1. The van der Waals surface area contributed by atoms with Gasteiger partial charge in [0.15, 0.2) is 0 Å². The van der Waals surface area contributed by atoms with Crippen LogP contribution in [0.25, 0.3) is 0 Å². The molecule has 4 nitrogen and oxygen atoms in total. The second-order valence-electron chi connectivity index (χ2n) is 6.52. The molecule has 138 valence electrons. The molecule has 0 saturated carbocycles. The van der Waals surface area contributed by atoms with Crippen LogP contribution in [0, 0.1) is 5.82 Å². The zero-order valence-corrected chi connectivity index (χ0v) is 14.9. The zero-order chi connectivity index (χ0) is 18.2. The summed E-state index contributed by atoms with van der Waals surface area (Å²) in [7, 11) is 0. The number of hydrogen-bond donors (Lipinski definition) is 1. The van der Waals surface area contributed by atoms with Crippen molar-refractivity contribution < 1.29 is 13.9 Å². The molecule has 1 amide bonds. The van der Waals surface area contributed by atoms with Gasteiger partial charge in [-0.1, -0.05) is 24.3 Å². The Balaban J connectivity index is 1.36. The van der Waals surface area contributed by atoms with Crippen molar-refractivity contribution in [1.29, 1.82) is 0 Å². The summed E-state index contributed by atoms with van der Waals surface area (Å²) in [6, 6.07) is 14.7. The number of benzene rings is 2. The van der Waals surface area contributed by atoms with Crippen molar-refractivity contribution in [1.82, 2.24) is 5.32 Å². The summed E-state index contributed by atoms with van der Waals surface area (Å²) in [5.74, 6) is -0.312. The van der Waals surface area contributed by atoms with Gasteiger partial charge in [0.2, 0.25) is 5.91 Å². The highest BCUT2D eigenvalue weighted by Gasteiger charge is 2.10. The SMILES string of the molecule is O=C(Cc1ccc(F)cc1)NCCCc1ccc(N2CCOCC2)cc1. The summed E-state index contributed by atoms with van der Waals surface area (Å²) >= 11 is 0. The Hall–Kier alpha value is -2.40. The maximum absolute atomic E-state index is 12.9. The monoisotopic (exact) mass is 356 g/mol. The number of carbonyl (C=O) groups is 1. The average Bonchev–Trinajstić information content (AvgIpc) is 2.68. The van der Waals surface area contributed by atoms with Gasteiger partial charge >= 0.3 is 0 Å². The van der Waals surface area contributed by atoms with E-state index in [4.69, 9.17) is 4.74 Å². The van der Waals surface area contributed by atoms with Crippen LogP contribution >= 0.6 is 0 Å². The van der Waals surface area contributed by atoms with Gasteiger partial charge in [0.25, 0.3) is 0 Å². The van der Waals surface area contributed by atoms with Crippen LogP contribution in [0.2, 0.25) is 0 Å². The Morgan fingerprint density at radius 3 is 2.35 bits per heavy atom. The van der Waals surface area contributed by atoms with Gasteiger partial charge in [-0.05, 0) is 48.2 Å². The predicted octanol–water partition coefficient (Wildman–Crippen LogP) is 2.95. The zero-order valence-electron chi connectivity index (χ0n) is 14.9. The Morgan fingerprint density at radius 2 is 1.65 bits per heavy atom. The number of nitrogens with one attached hydrogen (secondary N) is 1. The lowest BCUT2D eigenvalue weighted by molar-refractivity contribution is -0.120. The molecule has 3 rings (SSSR count). The summed E-state index contributed by atoms with van der Waals surface area (Å²) in [6.45, 7) is 4.11. The second-order valence-corrected chi connectivity index (χ2v) is 6.52. The molecule has 0 aliphatic carbocycles. The Labute approximate surface area is 154 Å². The number of amides is 1. The molecule has 1 fully saturated rings. The van der Waals surface area contributed by atoms with E-state index < -0.39 is 0 Å². The summed E-state index contributed by atoms with van der Waals surface area (Å²) in [5, 5.41) is 2.92. The highest BCUT2D eigenvalue weighted by Crippen LogP contribution is 2.17. The van der Waals surface area contributed by atoms with Gasteiger partial charge in [-0.15, -0.1) is 0 Å². The molecular formula is C21H25FN2O2. The van der Waals surface area contributed by atoms with E-state index in [2.05, 4.69) is 34.5 Å². The number of anilines is 1. The molecule has 1 aliphatic heterocycles. The van der Waals surface area contributed by atoms with Crippen molar-refractivity contribution in [3.63, 3.8) is 0 Å². The smallest absolute Gasteiger partial charge is 0.224 e. The molecular weight excluding hydrogens is 331 g/mol. The number of aryl methyl sites for hydroxylation is 1. The fraction of sp³-hybridized carbons (Fsp3) is 0.381. The lowest BCUT2D eigenvalue weighted by Gasteiger charge is -2.28. The summed E-state index contributed by atoms with van der Waals surface area (Å²) < 4.78 is 18.2. The normalized spacial score (nSPS) is 14.3. The minimum Gasteiger partial charge on any atom is -0.378 e. The van der Waals surface area contributed by atoms with E-state index in [0.717, 1.165) is 44.7 Å². The molecule has 5 heteroatoms. The third-order valence-electron chi connectivity index (χ3n) is 4.55. The highest BCUT2D eigenvalue weighted by molar-refractivity contribution is 5.78.